The lowest BCUT2D eigenvalue weighted by Crippen LogP contribution is -2.46. The smallest absolute Gasteiger partial charge is 0.238 e. The zero-order valence-corrected chi connectivity index (χ0v) is 20.1. The van der Waals surface area contributed by atoms with Gasteiger partial charge in [-0.2, -0.15) is 16.5 Å². The molecule has 0 spiro atoms. The highest BCUT2D eigenvalue weighted by Crippen LogP contribution is 2.30. The second-order valence-corrected chi connectivity index (χ2v) is 10.5. The van der Waals surface area contributed by atoms with E-state index in [9.17, 15) is 18.0 Å². The monoisotopic (exact) mass is 487 g/mol. The van der Waals surface area contributed by atoms with Crippen molar-refractivity contribution in [2.24, 2.45) is 5.92 Å². The van der Waals surface area contributed by atoms with E-state index in [4.69, 9.17) is 0 Å². The summed E-state index contributed by atoms with van der Waals surface area (Å²) in [7, 11) is -3.81. The van der Waals surface area contributed by atoms with Crippen molar-refractivity contribution in [2.45, 2.75) is 31.8 Å². The molecule has 1 aliphatic rings. The van der Waals surface area contributed by atoms with Crippen LogP contribution in [0.1, 0.15) is 30.4 Å². The predicted octanol–water partition coefficient (Wildman–Crippen LogP) is 3.36. The molecule has 2 aromatic rings. The second-order valence-electron chi connectivity index (χ2n) is 7.89. The molecule has 2 amide bonds. The molecule has 3 N–H and O–H groups in total. The van der Waals surface area contributed by atoms with Crippen molar-refractivity contribution >= 4 is 45.4 Å². The van der Waals surface area contributed by atoms with Gasteiger partial charge >= 0.3 is 0 Å². The highest BCUT2D eigenvalue weighted by Gasteiger charge is 2.29. The quantitative estimate of drug-likeness (QED) is 0.426. The van der Waals surface area contributed by atoms with Crippen LogP contribution in [0, 0.1) is 5.92 Å². The highest BCUT2D eigenvalue weighted by molar-refractivity contribution is 7.98. The van der Waals surface area contributed by atoms with Crippen molar-refractivity contribution in [1.82, 2.24) is 10.0 Å². The lowest BCUT2D eigenvalue weighted by molar-refractivity contribution is -0.123. The van der Waals surface area contributed by atoms with Crippen LogP contribution in [0.15, 0.2) is 60.0 Å². The number of anilines is 1. The third-order valence-electron chi connectivity index (χ3n) is 5.08. The molecular weight excluding hydrogens is 458 g/mol. The van der Waals surface area contributed by atoms with Crippen LogP contribution in [0.3, 0.4) is 0 Å². The van der Waals surface area contributed by atoms with E-state index in [1.54, 1.807) is 18.2 Å². The standard InChI is InChI=1S/C24H29N3O4S2/c1-32-14-12-22(27-33(30,31)15-13-18-6-3-2-4-7-18)24(29)25-17-19-8-5-9-21(16-19)26-23(28)20-10-11-20/h2-9,13,15-16,20,22,27H,10-12,14,17H2,1H3,(H,25,29)(H,26,28)/b15-13+. The van der Waals surface area contributed by atoms with Crippen molar-refractivity contribution in [3.8, 4) is 0 Å². The van der Waals surface area contributed by atoms with E-state index in [-0.39, 0.29) is 18.4 Å². The van der Waals surface area contributed by atoms with Crippen LogP contribution in [0.25, 0.3) is 6.08 Å². The highest BCUT2D eigenvalue weighted by atomic mass is 32.2. The summed E-state index contributed by atoms with van der Waals surface area (Å²) < 4.78 is 27.6. The van der Waals surface area contributed by atoms with Crippen LogP contribution < -0.4 is 15.4 Å². The Morgan fingerprint density at radius 1 is 1.12 bits per heavy atom. The number of amides is 2. The Labute approximate surface area is 199 Å². The maximum atomic E-state index is 12.8. The largest absolute Gasteiger partial charge is 0.351 e. The molecule has 3 rings (SSSR count). The zero-order chi connectivity index (χ0) is 23.7. The maximum absolute atomic E-state index is 12.8. The summed E-state index contributed by atoms with van der Waals surface area (Å²) in [5.41, 5.74) is 2.25. The van der Waals surface area contributed by atoms with E-state index in [1.807, 2.05) is 42.7 Å². The fraction of sp³-hybridized carbons (Fsp3) is 0.333. The Bertz CT molecular complexity index is 1080. The summed E-state index contributed by atoms with van der Waals surface area (Å²) in [4.78, 5) is 24.8. The number of hydrogen-bond acceptors (Lipinski definition) is 5. The normalized spacial score (nSPS) is 14.7. The van der Waals surface area contributed by atoms with Crippen molar-refractivity contribution in [3.63, 3.8) is 0 Å². The molecule has 1 unspecified atom stereocenters. The molecule has 176 valence electrons. The number of nitrogens with one attached hydrogen (secondary N) is 3. The molecule has 0 bridgehead atoms. The Kier molecular flexibility index (Phi) is 9.11. The maximum Gasteiger partial charge on any atom is 0.238 e. The fourth-order valence-corrected chi connectivity index (χ4v) is 4.62. The molecule has 1 atom stereocenters. The molecule has 9 heteroatoms. The lowest BCUT2D eigenvalue weighted by atomic mass is 10.1. The van der Waals surface area contributed by atoms with Crippen LogP contribution in [0.5, 0.6) is 0 Å². The molecule has 1 fully saturated rings. The van der Waals surface area contributed by atoms with E-state index < -0.39 is 22.0 Å². The Morgan fingerprint density at radius 3 is 2.58 bits per heavy atom. The minimum Gasteiger partial charge on any atom is -0.351 e. The van der Waals surface area contributed by atoms with Gasteiger partial charge in [-0.1, -0.05) is 42.5 Å². The molecular formula is C24H29N3O4S2. The number of benzene rings is 2. The molecule has 1 saturated carbocycles. The van der Waals surface area contributed by atoms with Gasteiger partial charge in [0.05, 0.1) is 0 Å². The SMILES string of the molecule is CSCCC(NS(=O)(=O)/C=C/c1ccccc1)C(=O)NCc1cccc(NC(=O)C2CC2)c1. The van der Waals surface area contributed by atoms with E-state index in [0.717, 1.165) is 29.4 Å². The topological polar surface area (TPSA) is 104 Å². The molecule has 2 aromatic carbocycles. The first-order valence-electron chi connectivity index (χ1n) is 10.8. The van der Waals surface area contributed by atoms with Crippen LogP contribution in [-0.4, -0.2) is 38.3 Å². The first-order valence-corrected chi connectivity index (χ1v) is 13.7. The number of carbonyl (C=O) groups excluding carboxylic acids is 2. The first-order chi connectivity index (χ1) is 15.9. The Balaban J connectivity index is 1.59. The van der Waals surface area contributed by atoms with Crippen molar-refractivity contribution in [1.29, 1.82) is 0 Å². The van der Waals surface area contributed by atoms with Gasteiger partial charge in [-0.25, -0.2) is 8.42 Å². The van der Waals surface area contributed by atoms with Crippen LogP contribution >= 0.6 is 11.8 Å². The van der Waals surface area contributed by atoms with Gasteiger partial charge in [0.15, 0.2) is 0 Å². The molecule has 33 heavy (non-hydrogen) atoms. The molecule has 0 radical (unpaired) electrons. The molecule has 0 heterocycles. The molecule has 7 nitrogen and oxygen atoms in total. The van der Waals surface area contributed by atoms with Gasteiger partial charge in [0.1, 0.15) is 6.04 Å². The second kappa shape index (κ2) is 12.0. The molecule has 0 saturated heterocycles. The predicted molar refractivity (Wildman–Crippen MR) is 134 cm³/mol. The van der Waals surface area contributed by atoms with Crippen molar-refractivity contribution < 1.29 is 18.0 Å². The average molecular weight is 488 g/mol. The van der Waals surface area contributed by atoms with Gasteiger partial charge < -0.3 is 10.6 Å². The third kappa shape index (κ3) is 8.68. The molecule has 1 aliphatic carbocycles. The summed E-state index contributed by atoms with van der Waals surface area (Å²) in [6.45, 7) is 0.226. The first kappa shape index (κ1) is 25.0. The summed E-state index contributed by atoms with van der Waals surface area (Å²) in [5, 5.41) is 6.77. The van der Waals surface area contributed by atoms with Crippen molar-refractivity contribution in [2.75, 3.05) is 17.3 Å². The van der Waals surface area contributed by atoms with Crippen LogP contribution in [-0.2, 0) is 26.2 Å². The molecule has 0 aliphatic heterocycles. The summed E-state index contributed by atoms with van der Waals surface area (Å²) in [6.07, 6.45) is 5.61. The fourth-order valence-electron chi connectivity index (χ4n) is 3.11. The van der Waals surface area contributed by atoms with Crippen molar-refractivity contribution in [3.05, 3.63) is 71.1 Å². The van der Waals surface area contributed by atoms with Gasteiger partial charge in [-0.3, -0.25) is 9.59 Å². The minimum absolute atomic E-state index is 0.0197. The van der Waals surface area contributed by atoms with E-state index in [0.29, 0.717) is 17.9 Å². The molecule has 0 aromatic heterocycles. The Hall–Kier alpha value is -2.62. The zero-order valence-electron chi connectivity index (χ0n) is 18.5. The summed E-state index contributed by atoms with van der Waals surface area (Å²) >= 11 is 1.54. The van der Waals surface area contributed by atoms with E-state index in [2.05, 4.69) is 15.4 Å². The number of thioether (sulfide) groups is 1. The number of hydrogen-bond donors (Lipinski definition) is 3. The summed E-state index contributed by atoms with van der Waals surface area (Å²) in [6, 6.07) is 15.5. The number of sulfonamides is 1. The van der Waals surface area contributed by atoms with E-state index in [1.165, 1.54) is 17.8 Å². The minimum atomic E-state index is -3.81. The summed E-state index contributed by atoms with van der Waals surface area (Å²) in [5.74, 6) is 0.361. The average Bonchev–Trinajstić information content (AvgIpc) is 3.65. The van der Waals surface area contributed by atoms with Gasteiger partial charge in [0.2, 0.25) is 21.8 Å². The van der Waals surface area contributed by atoms with Crippen LogP contribution in [0.4, 0.5) is 5.69 Å². The lowest BCUT2D eigenvalue weighted by Gasteiger charge is -2.17. The van der Waals surface area contributed by atoms with Gasteiger partial charge in [0.25, 0.3) is 0 Å². The van der Waals surface area contributed by atoms with Gasteiger partial charge in [0, 0.05) is 23.6 Å². The number of carbonyl (C=O) groups is 2. The number of rotatable bonds is 12. The van der Waals surface area contributed by atoms with E-state index >= 15 is 0 Å². The van der Waals surface area contributed by atoms with Gasteiger partial charge in [-0.05, 0) is 60.6 Å². The van der Waals surface area contributed by atoms with Gasteiger partial charge in [-0.15, -0.1) is 0 Å². The third-order valence-corrected chi connectivity index (χ3v) is 6.83. The Morgan fingerprint density at radius 2 is 1.88 bits per heavy atom. The van der Waals surface area contributed by atoms with Crippen LogP contribution in [0.2, 0.25) is 0 Å².